The van der Waals surface area contributed by atoms with Gasteiger partial charge in [0, 0.05) is 11.9 Å². The molecule has 2 N–H and O–H groups in total. The summed E-state index contributed by atoms with van der Waals surface area (Å²) in [5.41, 5.74) is 1.30. The van der Waals surface area contributed by atoms with E-state index < -0.39 is 11.8 Å². The summed E-state index contributed by atoms with van der Waals surface area (Å²) in [6.45, 7) is 0.337. The Morgan fingerprint density at radius 3 is 2.37 bits per heavy atom. The number of hydrogen-bond acceptors (Lipinski definition) is 3. The second-order valence-electron chi connectivity index (χ2n) is 7.03. The van der Waals surface area contributed by atoms with Crippen LogP contribution in [0.5, 0.6) is 0 Å². The standard InChI is InChI=1S/C21H20FN3O2/c22-15-6-8-16(9-7-15)25-21(27)19-14-5-4-13(11-14)18(19)20(26)24-12-17-3-1-2-10-23-17/h1-10,13-14,18-19H,11-12H2,(H,24,26)(H,25,27)/t13-,14-,18+,19+/m0/s1. The lowest BCUT2D eigenvalue weighted by Gasteiger charge is -2.26. The van der Waals surface area contributed by atoms with Crippen LogP contribution in [0.2, 0.25) is 0 Å². The fraction of sp³-hybridized carbons (Fsp3) is 0.286. The maximum atomic E-state index is 13.1. The van der Waals surface area contributed by atoms with Crippen LogP contribution >= 0.6 is 0 Å². The molecule has 138 valence electrons. The van der Waals surface area contributed by atoms with Gasteiger partial charge in [-0.2, -0.15) is 0 Å². The van der Waals surface area contributed by atoms with Gasteiger partial charge in [0.1, 0.15) is 5.82 Å². The van der Waals surface area contributed by atoms with E-state index in [9.17, 15) is 14.0 Å². The van der Waals surface area contributed by atoms with Gasteiger partial charge >= 0.3 is 0 Å². The Balaban J connectivity index is 1.45. The van der Waals surface area contributed by atoms with Crippen LogP contribution in [0.4, 0.5) is 10.1 Å². The second-order valence-corrected chi connectivity index (χ2v) is 7.03. The lowest BCUT2D eigenvalue weighted by atomic mass is 9.81. The molecule has 0 unspecified atom stereocenters. The number of nitrogens with one attached hydrogen (secondary N) is 2. The van der Waals surface area contributed by atoms with E-state index in [0.717, 1.165) is 12.1 Å². The van der Waals surface area contributed by atoms with E-state index in [4.69, 9.17) is 0 Å². The van der Waals surface area contributed by atoms with Crippen LogP contribution in [-0.2, 0) is 16.1 Å². The summed E-state index contributed by atoms with van der Waals surface area (Å²) >= 11 is 0. The van der Waals surface area contributed by atoms with Gasteiger partial charge in [-0.05, 0) is 54.7 Å². The molecule has 1 saturated carbocycles. The van der Waals surface area contributed by atoms with Crippen molar-refractivity contribution < 1.29 is 14.0 Å². The smallest absolute Gasteiger partial charge is 0.228 e. The van der Waals surface area contributed by atoms with Crippen LogP contribution < -0.4 is 10.6 Å². The Morgan fingerprint density at radius 1 is 1.00 bits per heavy atom. The van der Waals surface area contributed by atoms with Gasteiger partial charge in [0.15, 0.2) is 0 Å². The molecule has 2 bridgehead atoms. The normalized spacial score (nSPS) is 25.4. The number of carbonyl (C=O) groups is 2. The zero-order valence-corrected chi connectivity index (χ0v) is 14.6. The number of pyridine rings is 1. The number of benzene rings is 1. The second kappa shape index (κ2) is 7.31. The Bertz CT molecular complexity index is 867. The Hall–Kier alpha value is -3.02. The van der Waals surface area contributed by atoms with Gasteiger partial charge in [0.2, 0.25) is 11.8 Å². The number of allylic oxidation sites excluding steroid dienone is 2. The molecule has 1 aromatic carbocycles. The number of nitrogens with zero attached hydrogens (tertiary/aromatic N) is 1. The van der Waals surface area contributed by atoms with Crippen molar-refractivity contribution in [1.29, 1.82) is 0 Å². The zero-order chi connectivity index (χ0) is 18.8. The third-order valence-electron chi connectivity index (χ3n) is 5.35. The van der Waals surface area contributed by atoms with Crippen molar-refractivity contribution in [3.8, 4) is 0 Å². The highest BCUT2D eigenvalue weighted by Crippen LogP contribution is 2.48. The Labute approximate surface area is 156 Å². The van der Waals surface area contributed by atoms with Crippen LogP contribution in [0.1, 0.15) is 12.1 Å². The first-order valence-corrected chi connectivity index (χ1v) is 9.04. The SMILES string of the molecule is O=C(NCc1ccccn1)[C@H]1[C@H](C(=O)Nc2ccc(F)cc2)[C@H]2C=C[C@H]1C2. The number of amides is 2. The summed E-state index contributed by atoms with van der Waals surface area (Å²) < 4.78 is 13.1. The van der Waals surface area contributed by atoms with Crippen LogP contribution in [0.15, 0.2) is 60.8 Å². The quantitative estimate of drug-likeness (QED) is 0.801. The molecule has 2 aliphatic rings. The van der Waals surface area contributed by atoms with Crippen molar-refractivity contribution in [2.75, 3.05) is 5.32 Å². The molecule has 1 fully saturated rings. The van der Waals surface area contributed by atoms with Gasteiger partial charge in [-0.25, -0.2) is 4.39 Å². The number of halogens is 1. The summed E-state index contributed by atoms with van der Waals surface area (Å²) in [4.78, 5) is 29.9. The van der Waals surface area contributed by atoms with E-state index in [2.05, 4.69) is 15.6 Å². The monoisotopic (exact) mass is 365 g/mol. The summed E-state index contributed by atoms with van der Waals surface area (Å²) in [7, 11) is 0. The van der Waals surface area contributed by atoms with E-state index in [0.29, 0.717) is 12.2 Å². The van der Waals surface area contributed by atoms with Gasteiger partial charge in [-0.1, -0.05) is 18.2 Å². The van der Waals surface area contributed by atoms with Crippen molar-refractivity contribution in [1.82, 2.24) is 10.3 Å². The van der Waals surface area contributed by atoms with Crippen LogP contribution in [0.25, 0.3) is 0 Å². The molecule has 6 heteroatoms. The van der Waals surface area contributed by atoms with Crippen LogP contribution in [0.3, 0.4) is 0 Å². The lowest BCUT2D eigenvalue weighted by Crippen LogP contribution is -2.41. The number of anilines is 1. The van der Waals surface area contributed by atoms with E-state index in [1.54, 1.807) is 6.20 Å². The molecular formula is C21H20FN3O2. The van der Waals surface area contributed by atoms with Gasteiger partial charge < -0.3 is 10.6 Å². The number of hydrogen-bond donors (Lipinski definition) is 2. The molecule has 1 aromatic heterocycles. The van der Waals surface area contributed by atoms with Gasteiger partial charge in [-0.3, -0.25) is 14.6 Å². The molecule has 2 aliphatic carbocycles. The molecule has 0 aliphatic heterocycles. The van der Waals surface area contributed by atoms with Crippen molar-refractivity contribution in [3.63, 3.8) is 0 Å². The first-order valence-electron chi connectivity index (χ1n) is 9.04. The molecular weight excluding hydrogens is 345 g/mol. The third-order valence-corrected chi connectivity index (χ3v) is 5.35. The van der Waals surface area contributed by atoms with Crippen molar-refractivity contribution >= 4 is 17.5 Å². The molecule has 4 atom stereocenters. The molecule has 0 spiro atoms. The van der Waals surface area contributed by atoms with Crippen LogP contribution in [0, 0.1) is 29.5 Å². The maximum Gasteiger partial charge on any atom is 0.228 e. The average Bonchev–Trinajstić information content (AvgIpc) is 3.30. The molecule has 5 nitrogen and oxygen atoms in total. The van der Waals surface area contributed by atoms with Crippen molar-refractivity contribution in [2.45, 2.75) is 13.0 Å². The van der Waals surface area contributed by atoms with E-state index >= 15 is 0 Å². The topological polar surface area (TPSA) is 71.1 Å². The van der Waals surface area contributed by atoms with Gasteiger partial charge in [0.05, 0.1) is 24.1 Å². The third kappa shape index (κ3) is 3.60. The lowest BCUT2D eigenvalue weighted by molar-refractivity contribution is -0.133. The first kappa shape index (κ1) is 17.4. The number of aromatic nitrogens is 1. The molecule has 1 heterocycles. The van der Waals surface area contributed by atoms with E-state index in [1.807, 2.05) is 30.4 Å². The fourth-order valence-electron chi connectivity index (χ4n) is 4.09. The molecule has 4 rings (SSSR count). The fourth-order valence-corrected chi connectivity index (χ4v) is 4.09. The van der Waals surface area contributed by atoms with Gasteiger partial charge in [-0.15, -0.1) is 0 Å². The van der Waals surface area contributed by atoms with Crippen molar-refractivity contribution in [3.05, 3.63) is 72.3 Å². The van der Waals surface area contributed by atoms with E-state index in [1.165, 1.54) is 24.3 Å². The highest BCUT2D eigenvalue weighted by molar-refractivity contribution is 5.97. The average molecular weight is 365 g/mol. The summed E-state index contributed by atoms with van der Waals surface area (Å²) in [6, 6.07) is 11.2. The van der Waals surface area contributed by atoms with Crippen LogP contribution in [-0.4, -0.2) is 16.8 Å². The molecule has 27 heavy (non-hydrogen) atoms. The Morgan fingerprint density at radius 2 is 1.70 bits per heavy atom. The predicted octanol–water partition coefficient (Wildman–Crippen LogP) is 2.91. The van der Waals surface area contributed by atoms with E-state index in [-0.39, 0.29) is 29.5 Å². The molecule has 0 radical (unpaired) electrons. The van der Waals surface area contributed by atoms with Gasteiger partial charge in [0.25, 0.3) is 0 Å². The minimum atomic E-state index is -0.422. The van der Waals surface area contributed by atoms with Crippen molar-refractivity contribution in [2.24, 2.45) is 23.7 Å². The number of rotatable bonds is 5. The maximum absolute atomic E-state index is 13.1. The highest BCUT2D eigenvalue weighted by atomic mass is 19.1. The largest absolute Gasteiger partial charge is 0.350 e. The minimum absolute atomic E-state index is 0.0565. The minimum Gasteiger partial charge on any atom is -0.350 e. The predicted molar refractivity (Wildman–Crippen MR) is 98.8 cm³/mol. The first-order chi connectivity index (χ1) is 13.1. The summed E-state index contributed by atoms with van der Waals surface area (Å²) in [5.74, 6) is -1.38. The number of fused-ring (bicyclic) bond motifs is 2. The highest BCUT2D eigenvalue weighted by Gasteiger charge is 2.51. The molecule has 2 amide bonds. The Kier molecular flexibility index (Phi) is 4.71. The summed E-state index contributed by atoms with van der Waals surface area (Å²) in [6.07, 6.45) is 6.56. The zero-order valence-electron chi connectivity index (χ0n) is 14.6. The summed E-state index contributed by atoms with van der Waals surface area (Å²) in [5, 5.41) is 5.74. The molecule has 0 saturated heterocycles. The number of carbonyl (C=O) groups excluding carboxylic acids is 2. The molecule has 2 aromatic rings.